The van der Waals surface area contributed by atoms with Crippen molar-refractivity contribution >= 4 is 5.91 Å². The Morgan fingerprint density at radius 1 is 1.00 bits per heavy atom. The Morgan fingerprint density at radius 2 is 1.78 bits per heavy atom. The molecule has 0 aliphatic carbocycles. The lowest BCUT2D eigenvalue weighted by Gasteiger charge is -2.38. The number of carbonyl (C=O) groups excluding carboxylic acids is 1. The SMILES string of the molecule is COc1ccc(C2c3ccccc3CCN2C(=O)c2cccc(C)c2)cc1. The predicted octanol–water partition coefficient (Wildman–Crippen LogP) is 4.79. The molecule has 0 aromatic heterocycles. The number of benzene rings is 3. The van der Waals surface area contributed by atoms with Gasteiger partial charge in [0, 0.05) is 12.1 Å². The molecule has 1 aliphatic rings. The first-order chi connectivity index (χ1) is 13.2. The van der Waals surface area contributed by atoms with Crippen molar-refractivity contribution in [3.63, 3.8) is 0 Å². The Balaban J connectivity index is 1.78. The van der Waals surface area contributed by atoms with Crippen LogP contribution in [-0.4, -0.2) is 24.5 Å². The molecule has 1 aliphatic heterocycles. The molecule has 0 saturated carbocycles. The van der Waals surface area contributed by atoms with E-state index in [2.05, 4.69) is 36.4 Å². The Labute approximate surface area is 160 Å². The first-order valence-corrected chi connectivity index (χ1v) is 9.27. The second-order valence-electron chi connectivity index (χ2n) is 6.99. The van der Waals surface area contributed by atoms with Crippen molar-refractivity contribution in [2.24, 2.45) is 0 Å². The fourth-order valence-electron chi connectivity index (χ4n) is 3.87. The molecule has 136 valence electrons. The number of rotatable bonds is 3. The monoisotopic (exact) mass is 357 g/mol. The number of carbonyl (C=O) groups is 1. The maximum absolute atomic E-state index is 13.4. The maximum atomic E-state index is 13.4. The van der Waals surface area contributed by atoms with E-state index in [9.17, 15) is 4.79 Å². The zero-order valence-electron chi connectivity index (χ0n) is 15.7. The van der Waals surface area contributed by atoms with Gasteiger partial charge in [-0.1, -0.05) is 54.1 Å². The summed E-state index contributed by atoms with van der Waals surface area (Å²) in [6.07, 6.45) is 0.875. The van der Waals surface area contributed by atoms with Crippen LogP contribution in [-0.2, 0) is 6.42 Å². The molecule has 0 radical (unpaired) electrons. The highest BCUT2D eigenvalue weighted by Crippen LogP contribution is 2.36. The van der Waals surface area contributed by atoms with E-state index in [0.29, 0.717) is 6.54 Å². The molecule has 4 rings (SSSR count). The number of methoxy groups -OCH3 is 1. The minimum absolute atomic E-state index is 0.0778. The van der Waals surface area contributed by atoms with Gasteiger partial charge in [-0.05, 0) is 54.3 Å². The van der Waals surface area contributed by atoms with Crippen LogP contribution < -0.4 is 4.74 Å². The lowest BCUT2D eigenvalue weighted by Crippen LogP contribution is -2.40. The van der Waals surface area contributed by atoms with E-state index < -0.39 is 0 Å². The molecule has 1 atom stereocenters. The van der Waals surface area contributed by atoms with Crippen LogP contribution >= 0.6 is 0 Å². The molecule has 0 spiro atoms. The van der Waals surface area contributed by atoms with Crippen molar-refractivity contribution < 1.29 is 9.53 Å². The number of hydrogen-bond acceptors (Lipinski definition) is 2. The van der Waals surface area contributed by atoms with E-state index in [-0.39, 0.29) is 11.9 Å². The first-order valence-electron chi connectivity index (χ1n) is 9.27. The molecule has 3 aromatic rings. The molecule has 0 saturated heterocycles. The number of aryl methyl sites for hydroxylation is 1. The molecule has 1 unspecified atom stereocenters. The van der Waals surface area contributed by atoms with E-state index in [0.717, 1.165) is 28.9 Å². The van der Waals surface area contributed by atoms with E-state index >= 15 is 0 Å². The van der Waals surface area contributed by atoms with Crippen LogP contribution in [0.1, 0.15) is 38.7 Å². The summed E-state index contributed by atoms with van der Waals surface area (Å²) in [4.78, 5) is 15.4. The van der Waals surface area contributed by atoms with E-state index in [1.165, 1.54) is 11.1 Å². The van der Waals surface area contributed by atoms with Crippen molar-refractivity contribution in [2.75, 3.05) is 13.7 Å². The van der Waals surface area contributed by atoms with Gasteiger partial charge < -0.3 is 9.64 Å². The summed E-state index contributed by atoms with van der Waals surface area (Å²) in [5.41, 5.74) is 5.46. The molecule has 0 fully saturated rings. The van der Waals surface area contributed by atoms with Crippen LogP contribution in [0.25, 0.3) is 0 Å². The van der Waals surface area contributed by atoms with Crippen LogP contribution in [0.15, 0.2) is 72.8 Å². The highest BCUT2D eigenvalue weighted by atomic mass is 16.5. The van der Waals surface area contributed by atoms with Gasteiger partial charge in [0.05, 0.1) is 13.2 Å². The van der Waals surface area contributed by atoms with Crippen molar-refractivity contribution in [3.8, 4) is 5.75 Å². The van der Waals surface area contributed by atoms with Crippen LogP contribution in [0.4, 0.5) is 0 Å². The topological polar surface area (TPSA) is 29.5 Å². The standard InChI is InChI=1S/C24H23NO2/c1-17-6-5-8-20(16-17)24(26)25-15-14-18-7-3-4-9-22(18)23(25)19-10-12-21(27-2)13-11-19/h3-13,16,23H,14-15H2,1-2H3. The van der Waals surface area contributed by atoms with Gasteiger partial charge in [-0.25, -0.2) is 0 Å². The zero-order chi connectivity index (χ0) is 18.8. The van der Waals surface area contributed by atoms with Crippen LogP contribution in [0.2, 0.25) is 0 Å². The normalized spacial score (nSPS) is 15.9. The molecule has 1 heterocycles. The summed E-state index contributed by atoms with van der Waals surface area (Å²) in [5, 5.41) is 0. The van der Waals surface area contributed by atoms with E-state index in [1.54, 1.807) is 7.11 Å². The Hall–Kier alpha value is -3.07. The lowest BCUT2D eigenvalue weighted by molar-refractivity contribution is 0.0694. The van der Waals surface area contributed by atoms with Gasteiger partial charge in [-0.3, -0.25) is 4.79 Å². The van der Waals surface area contributed by atoms with Crippen molar-refractivity contribution in [1.29, 1.82) is 0 Å². The molecular formula is C24H23NO2. The summed E-state index contributed by atoms with van der Waals surface area (Å²) in [6.45, 7) is 2.73. The zero-order valence-corrected chi connectivity index (χ0v) is 15.7. The number of hydrogen-bond donors (Lipinski definition) is 0. The minimum atomic E-state index is -0.0890. The van der Waals surface area contributed by atoms with Gasteiger partial charge in [-0.15, -0.1) is 0 Å². The predicted molar refractivity (Wildman–Crippen MR) is 107 cm³/mol. The van der Waals surface area contributed by atoms with Gasteiger partial charge in [0.25, 0.3) is 5.91 Å². The number of fused-ring (bicyclic) bond motifs is 1. The second-order valence-corrected chi connectivity index (χ2v) is 6.99. The van der Waals surface area contributed by atoms with Crippen LogP contribution in [0.5, 0.6) is 5.75 Å². The van der Waals surface area contributed by atoms with Crippen molar-refractivity contribution in [2.45, 2.75) is 19.4 Å². The minimum Gasteiger partial charge on any atom is -0.497 e. The summed E-state index contributed by atoms with van der Waals surface area (Å²) in [6, 6.07) is 24.2. The Kier molecular flexibility index (Phi) is 4.68. The van der Waals surface area contributed by atoms with Gasteiger partial charge in [-0.2, -0.15) is 0 Å². The second kappa shape index (κ2) is 7.28. The van der Waals surface area contributed by atoms with Gasteiger partial charge in [0.2, 0.25) is 0 Å². The maximum Gasteiger partial charge on any atom is 0.254 e. The first kappa shape index (κ1) is 17.3. The molecule has 3 nitrogen and oxygen atoms in total. The average Bonchev–Trinajstić information content (AvgIpc) is 2.72. The van der Waals surface area contributed by atoms with Crippen molar-refractivity contribution in [1.82, 2.24) is 4.90 Å². The number of amides is 1. The summed E-state index contributed by atoms with van der Waals surface area (Å²) in [7, 11) is 1.67. The quantitative estimate of drug-likeness (QED) is 0.674. The Bertz CT molecular complexity index is 962. The van der Waals surface area contributed by atoms with Gasteiger partial charge in [0.15, 0.2) is 0 Å². The number of ether oxygens (including phenoxy) is 1. The van der Waals surface area contributed by atoms with E-state index in [1.807, 2.05) is 48.2 Å². The van der Waals surface area contributed by atoms with Gasteiger partial charge >= 0.3 is 0 Å². The lowest BCUT2D eigenvalue weighted by atomic mass is 9.87. The van der Waals surface area contributed by atoms with Crippen molar-refractivity contribution in [3.05, 3.63) is 101 Å². The molecule has 0 bridgehead atoms. The summed E-state index contributed by atoms with van der Waals surface area (Å²) < 4.78 is 5.30. The highest BCUT2D eigenvalue weighted by molar-refractivity contribution is 5.95. The largest absolute Gasteiger partial charge is 0.497 e. The third-order valence-corrected chi connectivity index (χ3v) is 5.24. The third kappa shape index (κ3) is 3.33. The Morgan fingerprint density at radius 3 is 2.52 bits per heavy atom. The highest BCUT2D eigenvalue weighted by Gasteiger charge is 2.32. The summed E-state index contributed by atoms with van der Waals surface area (Å²) in [5.74, 6) is 0.897. The average molecular weight is 357 g/mol. The third-order valence-electron chi connectivity index (χ3n) is 5.24. The van der Waals surface area contributed by atoms with Gasteiger partial charge in [0.1, 0.15) is 5.75 Å². The summed E-state index contributed by atoms with van der Waals surface area (Å²) >= 11 is 0. The molecule has 3 aromatic carbocycles. The molecule has 0 N–H and O–H groups in total. The molecule has 27 heavy (non-hydrogen) atoms. The van der Waals surface area contributed by atoms with Crippen LogP contribution in [0, 0.1) is 6.92 Å². The fraction of sp³-hybridized carbons (Fsp3) is 0.208. The molecular weight excluding hydrogens is 334 g/mol. The fourth-order valence-corrected chi connectivity index (χ4v) is 3.87. The molecule has 3 heteroatoms. The van der Waals surface area contributed by atoms with Crippen LogP contribution in [0.3, 0.4) is 0 Å². The smallest absolute Gasteiger partial charge is 0.254 e. The molecule has 1 amide bonds. The number of nitrogens with zero attached hydrogens (tertiary/aromatic N) is 1. The van der Waals surface area contributed by atoms with E-state index in [4.69, 9.17) is 4.74 Å².